The molecular weight excluding hydrogens is 367 g/mol. The third-order valence-electron chi connectivity index (χ3n) is 3.74. The smallest absolute Gasteiger partial charge is 0.334 e. The summed E-state index contributed by atoms with van der Waals surface area (Å²) in [5, 5.41) is 5.01. The number of imidazole rings is 1. The molecule has 5 nitrogen and oxygen atoms in total. The summed E-state index contributed by atoms with van der Waals surface area (Å²) in [5.74, 6) is 0.0755. The zero-order valence-electron chi connectivity index (χ0n) is 13.5. The molecule has 3 rings (SSSR count). The van der Waals surface area contributed by atoms with Crippen LogP contribution < -0.4 is 5.14 Å². The molecule has 26 heavy (non-hydrogen) atoms. The average Bonchev–Trinajstić information content (AvgIpc) is 3.00. The van der Waals surface area contributed by atoms with Gasteiger partial charge in [0.2, 0.25) is 10.0 Å². The highest BCUT2D eigenvalue weighted by Crippen LogP contribution is 2.37. The van der Waals surface area contributed by atoms with E-state index in [0.29, 0.717) is 5.56 Å². The van der Waals surface area contributed by atoms with E-state index in [9.17, 15) is 21.6 Å². The molecule has 3 aromatic rings. The number of nitrogens with zero attached hydrogens (tertiary/aromatic N) is 1. The minimum atomic E-state index is -4.65. The normalized spacial score (nSPS) is 12.3. The van der Waals surface area contributed by atoms with Gasteiger partial charge in [0.15, 0.2) is 0 Å². The molecule has 0 unspecified atom stereocenters. The first kappa shape index (κ1) is 18.2. The van der Waals surface area contributed by atoms with Crippen LogP contribution in [0.5, 0.6) is 0 Å². The Kier molecular flexibility index (Phi) is 4.37. The van der Waals surface area contributed by atoms with Crippen LogP contribution >= 0.6 is 0 Å². The molecule has 3 N–H and O–H groups in total. The lowest BCUT2D eigenvalue weighted by atomic mass is 10.1. The van der Waals surface area contributed by atoms with E-state index in [1.807, 2.05) is 13.0 Å². The zero-order chi connectivity index (χ0) is 19.1. The third kappa shape index (κ3) is 3.63. The molecule has 0 aliphatic heterocycles. The lowest BCUT2D eigenvalue weighted by Gasteiger charge is -2.07. The Labute approximate surface area is 147 Å². The Bertz CT molecular complexity index is 1060. The second kappa shape index (κ2) is 6.26. The van der Waals surface area contributed by atoms with Gasteiger partial charge in [-0.2, -0.15) is 13.2 Å². The number of alkyl halides is 3. The van der Waals surface area contributed by atoms with E-state index in [1.165, 1.54) is 12.1 Å². The van der Waals surface area contributed by atoms with Crippen LogP contribution in [0.1, 0.15) is 11.3 Å². The van der Waals surface area contributed by atoms with E-state index in [-0.39, 0.29) is 22.0 Å². The molecule has 0 aliphatic rings. The van der Waals surface area contributed by atoms with Crippen LogP contribution in [0.25, 0.3) is 22.6 Å². The van der Waals surface area contributed by atoms with Gasteiger partial charge in [-0.1, -0.05) is 35.9 Å². The first-order valence-corrected chi connectivity index (χ1v) is 8.98. The van der Waals surface area contributed by atoms with E-state index in [4.69, 9.17) is 5.14 Å². The van der Waals surface area contributed by atoms with E-state index >= 15 is 0 Å². The van der Waals surface area contributed by atoms with Gasteiger partial charge in [-0.05, 0) is 25.1 Å². The number of nitrogens with two attached hydrogens (primary N) is 1. The van der Waals surface area contributed by atoms with E-state index in [0.717, 1.165) is 17.7 Å². The Hall–Kier alpha value is -2.65. The van der Waals surface area contributed by atoms with Crippen molar-refractivity contribution in [1.29, 1.82) is 0 Å². The minimum absolute atomic E-state index is 0.0755. The highest BCUT2D eigenvalue weighted by Gasteiger charge is 2.37. The van der Waals surface area contributed by atoms with Gasteiger partial charge in [0.25, 0.3) is 0 Å². The molecule has 0 radical (unpaired) electrons. The summed E-state index contributed by atoms with van der Waals surface area (Å²) in [4.78, 5) is 6.23. The first-order valence-electron chi connectivity index (χ1n) is 7.43. The number of primary sulfonamides is 1. The summed E-state index contributed by atoms with van der Waals surface area (Å²) in [6, 6.07) is 11.7. The number of H-pyrrole nitrogens is 1. The van der Waals surface area contributed by atoms with E-state index < -0.39 is 21.9 Å². The number of aromatic amines is 1. The maximum atomic E-state index is 13.4. The van der Waals surface area contributed by atoms with Crippen molar-refractivity contribution in [3.05, 3.63) is 59.8 Å². The molecule has 0 spiro atoms. The summed E-state index contributed by atoms with van der Waals surface area (Å²) in [6.07, 6.45) is -4.65. The molecule has 1 aromatic heterocycles. The number of hydrogen-bond donors (Lipinski definition) is 2. The SMILES string of the molecule is Cc1cccc(-c2nc(-c3ccc(S(N)(=O)=O)cc3)c(C(F)(F)F)[nH]2)c1. The fourth-order valence-corrected chi connectivity index (χ4v) is 3.03. The number of halogens is 3. The van der Waals surface area contributed by atoms with Crippen molar-refractivity contribution >= 4 is 10.0 Å². The molecule has 9 heteroatoms. The zero-order valence-corrected chi connectivity index (χ0v) is 14.3. The van der Waals surface area contributed by atoms with Crippen LogP contribution in [0.4, 0.5) is 13.2 Å². The van der Waals surface area contributed by atoms with Crippen LogP contribution in [0, 0.1) is 6.92 Å². The van der Waals surface area contributed by atoms with Crippen molar-refractivity contribution in [3.8, 4) is 22.6 Å². The van der Waals surface area contributed by atoms with Crippen LogP contribution in [0.15, 0.2) is 53.4 Å². The number of aryl methyl sites for hydroxylation is 1. The van der Waals surface area contributed by atoms with Crippen LogP contribution in [0.3, 0.4) is 0 Å². The van der Waals surface area contributed by atoms with Crippen molar-refractivity contribution in [2.24, 2.45) is 5.14 Å². The molecule has 136 valence electrons. The Morgan fingerprint density at radius 3 is 2.23 bits per heavy atom. The molecule has 0 amide bonds. The van der Waals surface area contributed by atoms with Crippen molar-refractivity contribution in [3.63, 3.8) is 0 Å². The molecule has 2 aromatic carbocycles. The molecule has 1 heterocycles. The largest absolute Gasteiger partial charge is 0.433 e. The van der Waals surface area contributed by atoms with Crippen LogP contribution in [-0.4, -0.2) is 18.4 Å². The number of aromatic nitrogens is 2. The second-order valence-corrected chi connectivity index (χ2v) is 7.31. The molecule has 0 saturated heterocycles. The summed E-state index contributed by atoms with van der Waals surface area (Å²) >= 11 is 0. The predicted octanol–water partition coefficient (Wildman–Crippen LogP) is 3.72. The summed E-state index contributed by atoms with van der Waals surface area (Å²) in [6.45, 7) is 1.82. The Balaban J connectivity index is 2.14. The van der Waals surface area contributed by atoms with Crippen molar-refractivity contribution in [2.75, 3.05) is 0 Å². The summed E-state index contributed by atoms with van der Waals surface area (Å²) in [5.41, 5.74) is 0.210. The minimum Gasteiger partial charge on any atom is -0.334 e. The quantitative estimate of drug-likeness (QED) is 0.725. The second-order valence-electron chi connectivity index (χ2n) is 5.75. The van der Waals surface area contributed by atoms with Gasteiger partial charge in [-0.3, -0.25) is 0 Å². The van der Waals surface area contributed by atoms with E-state index in [2.05, 4.69) is 9.97 Å². The van der Waals surface area contributed by atoms with Gasteiger partial charge in [0.1, 0.15) is 17.2 Å². The van der Waals surface area contributed by atoms with Crippen molar-refractivity contribution in [2.45, 2.75) is 18.0 Å². The molecule has 0 fully saturated rings. The topological polar surface area (TPSA) is 88.8 Å². The van der Waals surface area contributed by atoms with Gasteiger partial charge in [-0.15, -0.1) is 0 Å². The Morgan fingerprint density at radius 1 is 1.04 bits per heavy atom. The van der Waals surface area contributed by atoms with Gasteiger partial charge in [0, 0.05) is 11.1 Å². The first-order chi connectivity index (χ1) is 12.1. The highest BCUT2D eigenvalue weighted by molar-refractivity contribution is 7.89. The Morgan fingerprint density at radius 2 is 1.69 bits per heavy atom. The maximum Gasteiger partial charge on any atom is 0.433 e. The molecule has 0 bridgehead atoms. The lowest BCUT2D eigenvalue weighted by Crippen LogP contribution is -2.12. The monoisotopic (exact) mass is 381 g/mol. The maximum absolute atomic E-state index is 13.4. The van der Waals surface area contributed by atoms with Gasteiger partial charge < -0.3 is 4.98 Å². The number of hydrogen-bond acceptors (Lipinski definition) is 3. The van der Waals surface area contributed by atoms with Crippen LogP contribution in [0.2, 0.25) is 0 Å². The molecule has 0 saturated carbocycles. The average molecular weight is 381 g/mol. The standard InChI is InChI=1S/C17H14F3N3O2S/c1-10-3-2-4-12(9-10)16-22-14(15(23-16)17(18,19)20)11-5-7-13(8-6-11)26(21,24)25/h2-9H,1H3,(H,22,23)(H2,21,24,25). The predicted molar refractivity (Wildman–Crippen MR) is 90.6 cm³/mol. The fourth-order valence-electron chi connectivity index (χ4n) is 2.52. The highest BCUT2D eigenvalue weighted by atomic mass is 32.2. The molecule has 0 atom stereocenters. The van der Waals surface area contributed by atoms with Crippen molar-refractivity contribution in [1.82, 2.24) is 9.97 Å². The number of sulfonamides is 1. The van der Waals surface area contributed by atoms with Gasteiger partial charge in [-0.25, -0.2) is 18.5 Å². The third-order valence-corrected chi connectivity index (χ3v) is 4.66. The summed E-state index contributed by atoms with van der Waals surface area (Å²) in [7, 11) is -3.93. The lowest BCUT2D eigenvalue weighted by molar-refractivity contribution is -0.140. The van der Waals surface area contributed by atoms with E-state index in [1.54, 1.807) is 18.2 Å². The molecule has 0 aliphatic carbocycles. The molecular formula is C17H14F3N3O2S. The number of benzene rings is 2. The number of rotatable bonds is 3. The fraction of sp³-hybridized carbons (Fsp3) is 0.118. The number of nitrogens with one attached hydrogen (secondary N) is 1. The van der Waals surface area contributed by atoms with Crippen molar-refractivity contribution < 1.29 is 21.6 Å². The van der Waals surface area contributed by atoms with Gasteiger partial charge in [0.05, 0.1) is 4.90 Å². The van der Waals surface area contributed by atoms with Crippen LogP contribution in [-0.2, 0) is 16.2 Å². The van der Waals surface area contributed by atoms with Gasteiger partial charge >= 0.3 is 6.18 Å². The summed E-state index contributed by atoms with van der Waals surface area (Å²) < 4.78 is 62.9.